The van der Waals surface area contributed by atoms with Crippen molar-refractivity contribution < 1.29 is 4.42 Å². The van der Waals surface area contributed by atoms with Crippen molar-refractivity contribution in [2.75, 3.05) is 4.90 Å². The lowest BCUT2D eigenvalue weighted by molar-refractivity contribution is 0.655. The van der Waals surface area contributed by atoms with Crippen molar-refractivity contribution >= 4 is 50.0 Å². The smallest absolute Gasteiger partial charge is 0.229 e. The Morgan fingerprint density at radius 2 is 1.00 bits per heavy atom. The Bertz CT molecular complexity index is 2980. The number of hydrogen-bond acceptors (Lipinski definition) is 3. The minimum absolute atomic E-state index is 0.468. The summed E-state index contributed by atoms with van der Waals surface area (Å²) in [6.07, 6.45) is 0. The molecule has 1 aliphatic carbocycles. The number of rotatable bonds is 6. The van der Waals surface area contributed by atoms with Crippen LogP contribution >= 0.6 is 0 Å². The second-order valence-electron chi connectivity index (χ2n) is 14.3. The van der Waals surface area contributed by atoms with Crippen LogP contribution in [0.15, 0.2) is 211 Å². The Kier molecular flexibility index (Phi) is 7.08. The van der Waals surface area contributed by atoms with Crippen molar-refractivity contribution in [3.8, 4) is 22.3 Å². The Labute approximate surface area is 319 Å². The molecule has 1 aliphatic rings. The van der Waals surface area contributed by atoms with Crippen molar-refractivity contribution in [3.63, 3.8) is 0 Å². The standard InChI is InChI=1S/C52H34N2O/c1-4-14-35(15-5-1)36-24-26-41(27-25-36)54(50-31-29-44-46-32-37-16-10-11-17-38(37)33-49(46)55-51(44)53-50)42-28-30-48-45(34-42)43-22-12-13-23-47(43)52(48,39-18-6-2-7-19-39)40-20-8-3-9-21-40/h1-34H. The summed E-state index contributed by atoms with van der Waals surface area (Å²) in [5.41, 5.74) is 12.9. The van der Waals surface area contributed by atoms with E-state index < -0.39 is 5.41 Å². The second kappa shape index (κ2) is 12.4. The number of hydrogen-bond donors (Lipinski definition) is 0. The normalized spacial score (nSPS) is 12.9. The van der Waals surface area contributed by atoms with Crippen LogP contribution in [-0.2, 0) is 5.41 Å². The van der Waals surface area contributed by atoms with Gasteiger partial charge in [-0.15, -0.1) is 0 Å². The highest BCUT2D eigenvalue weighted by molar-refractivity contribution is 6.09. The largest absolute Gasteiger partial charge is 0.438 e. The number of benzene rings is 8. The minimum Gasteiger partial charge on any atom is -0.438 e. The first-order valence-corrected chi connectivity index (χ1v) is 18.8. The van der Waals surface area contributed by atoms with Crippen LogP contribution in [0.4, 0.5) is 17.2 Å². The molecule has 0 bridgehead atoms. The van der Waals surface area contributed by atoms with Gasteiger partial charge >= 0.3 is 0 Å². The monoisotopic (exact) mass is 702 g/mol. The van der Waals surface area contributed by atoms with Crippen LogP contribution in [0, 0.1) is 0 Å². The van der Waals surface area contributed by atoms with Crippen LogP contribution in [0.25, 0.3) is 55.1 Å². The van der Waals surface area contributed by atoms with Crippen molar-refractivity contribution in [1.29, 1.82) is 0 Å². The van der Waals surface area contributed by atoms with Crippen molar-refractivity contribution in [2.24, 2.45) is 0 Å². The van der Waals surface area contributed by atoms with E-state index in [1.807, 2.05) is 0 Å². The van der Waals surface area contributed by atoms with E-state index in [4.69, 9.17) is 9.40 Å². The third-order valence-corrected chi connectivity index (χ3v) is 11.4. The number of aromatic nitrogens is 1. The summed E-state index contributed by atoms with van der Waals surface area (Å²) < 4.78 is 6.51. The molecule has 0 fully saturated rings. The molecule has 0 spiro atoms. The van der Waals surface area contributed by atoms with E-state index in [1.165, 1.54) is 44.3 Å². The second-order valence-corrected chi connectivity index (χ2v) is 14.3. The van der Waals surface area contributed by atoms with Crippen LogP contribution < -0.4 is 4.90 Å². The number of pyridine rings is 1. The third-order valence-electron chi connectivity index (χ3n) is 11.4. The molecule has 0 aliphatic heterocycles. The molecule has 3 heteroatoms. The highest BCUT2D eigenvalue weighted by Gasteiger charge is 2.46. The van der Waals surface area contributed by atoms with E-state index in [1.54, 1.807) is 0 Å². The zero-order valence-electron chi connectivity index (χ0n) is 29.9. The van der Waals surface area contributed by atoms with Crippen LogP contribution in [0.1, 0.15) is 22.3 Å². The molecule has 0 N–H and O–H groups in total. The predicted molar refractivity (Wildman–Crippen MR) is 226 cm³/mol. The number of anilines is 3. The Morgan fingerprint density at radius 1 is 0.418 bits per heavy atom. The zero-order valence-corrected chi connectivity index (χ0v) is 29.9. The first-order valence-electron chi connectivity index (χ1n) is 18.8. The van der Waals surface area contributed by atoms with Crippen molar-refractivity contribution in [3.05, 3.63) is 229 Å². The molecule has 0 amide bonds. The van der Waals surface area contributed by atoms with Crippen molar-refractivity contribution in [1.82, 2.24) is 4.98 Å². The summed E-state index contributed by atoms with van der Waals surface area (Å²) in [4.78, 5) is 7.51. The molecule has 0 saturated carbocycles. The summed E-state index contributed by atoms with van der Waals surface area (Å²) >= 11 is 0. The van der Waals surface area contributed by atoms with Gasteiger partial charge in [0.05, 0.1) is 5.41 Å². The van der Waals surface area contributed by atoms with Gasteiger partial charge in [-0.3, -0.25) is 4.90 Å². The molecule has 10 aromatic rings. The summed E-state index contributed by atoms with van der Waals surface area (Å²) in [5.74, 6) is 0.784. The highest BCUT2D eigenvalue weighted by Crippen LogP contribution is 2.57. The molecule has 0 saturated heterocycles. The molecule has 11 rings (SSSR count). The van der Waals surface area contributed by atoms with Gasteiger partial charge in [-0.05, 0) is 104 Å². The fourth-order valence-corrected chi connectivity index (χ4v) is 8.88. The summed E-state index contributed by atoms with van der Waals surface area (Å²) in [6, 6.07) is 74.0. The van der Waals surface area contributed by atoms with Crippen LogP contribution in [0.5, 0.6) is 0 Å². The molecular weight excluding hydrogens is 669 g/mol. The Morgan fingerprint density at radius 3 is 1.73 bits per heavy atom. The predicted octanol–water partition coefficient (Wildman–Crippen LogP) is 13.6. The first-order chi connectivity index (χ1) is 27.3. The quantitative estimate of drug-likeness (QED) is 0.173. The van der Waals surface area contributed by atoms with Gasteiger partial charge < -0.3 is 4.42 Å². The summed E-state index contributed by atoms with van der Waals surface area (Å²) in [7, 11) is 0. The average molecular weight is 703 g/mol. The SMILES string of the molecule is c1ccc(-c2ccc(N(c3ccc4c(c3)-c3ccccc3C4(c3ccccc3)c3ccccc3)c3ccc4c(n3)oc3cc5ccccc5cc34)cc2)cc1. The van der Waals surface area contributed by atoms with Gasteiger partial charge in [0.15, 0.2) is 0 Å². The zero-order chi connectivity index (χ0) is 36.3. The van der Waals surface area contributed by atoms with E-state index in [0.29, 0.717) is 5.71 Å². The van der Waals surface area contributed by atoms with Gasteiger partial charge in [0.1, 0.15) is 11.4 Å². The molecular formula is C52H34N2O. The molecule has 2 heterocycles. The number of nitrogens with zero attached hydrogens (tertiary/aromatic N) is 2. The maximum Gasteiger partial charge on any atom is 0.229 e. The van der Waals surface area contributed by atoms with Crippen LogP contribution in [-0.4, -0.2) is 4.98 Å². The molecule has 0 atom stereocenters. The Hall–Kier alpha value is -7.23. The number of furan rings is 1. The fraction of sp³-hybridized carbons (Fsp3) is 0.0192. The van der Waals surface area contributed by atoms with E-state index in [0.717, 1.165) is 44.5 Å². The molecule has 8 aromatic carbocycles. The number of fused-ring (bicyclic) bond motifs is 7. The van der Waals surface area contributed by atoms with Gasteiger partial charge in [-0.1, -0.05) is 158 Å². The van der Waals surface area contributed by atoms with E-state index in [-0.39, 0.29) is 0 Å². The molecule has 55 heavy (non-hydrogen) atoms. The third kappa shape index (κ3) is 4.87. The lowest BCUT2D eigenvalue weighted by Gasteiger charge is -2.34. The van der Waals surface area contributed by atoms with E-state index in [9.17, 15) is 0 Å². The lowest BCUT2D eigenvalue weighted by Crippen LogP contribution is -2.28. The molecule has 2 aromatic heterocycles. The van der Waals surface area contributed by atoms with Gasteiger partial charge in [0, 0.05) is 22.1 Å². The average Bonchev–Trinajstić information content (AvgIpc) is 3.76. The Balaban J connectivity index is 1.13. The molecule has 3 nitrogen and oxygen atoms in total. The molecule has 258 valence electrons. The molecule has 0 unspecified atom stereocenters. The summed E-state index contributed by atoms with van der Waals surface area (Å²) in [6.45, 7) is 0. The maximum atomic E-state index is 6.51. The van der Waals surface area contributed by atoms with E-state index in [2.05, 4.69) is 211 Å². The van der Waals surface area contributed by atoms with Gasteiger partial charge in [-0.25, -0.2) is 0 Å². The summed E-state index contributed by atoms with van der Waals surface area (Å²) in [5, 5.41) is 4.40. The van der Waals surface area contributed by atoms with Gasteiger partial charge in [0.25, 0.3) is 0 Å². The van der Waals surface area contributed by atoms with Gasteiger partial charge in [0.2, 0.25) is 5.71 Å². The van der Waals surface area contributed by atoms with Crippen molar-refractivity contribution in [2.45, 2.75) is 5.41 Å². The van der Waals surface area contributed by atoms with Crippen LogP contribution in [0.3, 0.4) is 0 Å². The lowest BCUT2D eigenvalue weighted by atomic mass is 9.68. The van der Waals surface area contributed by atoms with Gasteiger partial charge in [-0.2, -0.15) is 4.98 Å². The fourth-order valence-electron chi connectivity index (χ4n) is 8.88. The topological polar surface area (TPSA) is 29.3 Å². The maximum absolute atomic E-state index is 6.51. The van der Waals surface area contributed by atoms with E-state index >= 15 is 0 Å². The highest BCUT2D eigenvalue weighted by atomic mass is 16.3. The minimum atomic E-state index is -0.468. The molecule has 0 radical (unpaired) electrons. The van der Waals surface area contributed by atoms with Crippen LogP contribution in [0.2, 0.25) is 0 Å². The first kappa shape index (κ1) is 31.3.